The maximum atomic E-state index is 12.1. The molecule has 7 heteroatoms. The first-order valence-electron chi connectivity index (χ1n) is 7.15. The fourth-order valence-electron chi connectivity index (χ4n) is 2.41. The maximum absolute atomic E-state index is 12.1. The number of hydrogen-bond donors (Lipinski definition) is 1. The topological polar surface area (TPSA) is 78.3 Å². The first-order valence-corrected chi connectivity index (χ1v) is 7.15. The van der Waals surface area contributed by atoms with E-state index in [9.17, 15) is 4.79 Å². The third-order valence-electron chi connectivity index (χ3n) is 3.58. The number of benzene rings is 1. The van der Waals surface area contributed by atoms with Crippen molar-refractivity contribution in [3.05, 3.63) is 47.3 Å². The Balaban J connectivity index is 1.71. The van der Waals surface area contributed by atoms with Crippen LogP contribution in [0.5, 0.6) is 0 Å². The summed E-state index contributed by atoms with van der Waals surface area (Å²) in [5, 5.41) is 10.8. The SMILES string of the molecule is COCCNC(=O)c1nnn2c1CO[C@@H](c1ccccc1)C2. The highest BCUT2D eigenvalue weighted by atomic mass is 16.5. The quantitative estimate of drug-likeness (QED) is 0.831. The minimum absolute atomic E-state index is 0.0696. The van der Waals surface area contributed by atoms with E-state index in [1.807, 2.05) is 30.3 Å². The van der Waals surface area contributed by atoms with E-state index in [0.717, 1.165) is 5.56 Å². The van der Waals surface area contributed by atoms with Gasteiger partial charge in [0, 0.05) is 13.7 Å². The maximum Gasteiger partial charge on any atom is 0.273 e. The van der Waals surface area contributed by atoms with Crippen LogP contribution in [0.4, 0.5) is 0 Å². The molecule has 0 bridgehead atoms. The molecule has 2 aromatic rings. The first kappa shape index (κ1) is 14.7. The molecule has 116 valence electrons. The van der Waals surface area contributed by atoms with E-state index < -0.39 is 0 Å². The van der Waals surface area contributed by atoms with Crippen molar-refractivity contribution in [2.24, 2.45) is 0 Å². The second kappa shape index (κ2) is 6.67. The Morgan fingerprint density at radius 3 is 3.05 bits per heavy atom. The number of fused-ring (bicyclic) bond motifs is 1. The molecule has 0 fully saturated rings. The third-order valence-corrected chi connectivity index (χ3v) is 3.58. The van der Waals surface area contributed by atoms with Crippen molar-refractivity contribution in [1.82, 2.24) is 20.3 Å². The van der Waals surface area contributed by atoms with Crippen molar-refractivity contribution in [2.75, 3.05) is 20.3 Å². The molecular weight excluding hydrogens is 284 g/mol. The zero-order valence-electron chi connectivity index (χ0n) is 12.4. The molecule has 2 heterocycles. The van der Waals surface area contributed by atoms with Crippen molar-refractivity contribution < 1.29 is 14.3 Å². The van der Waals surface area contributed by atoms with Crippen LogP contribution in [-0.4, -0.2) is 41.2 Å². The summed E-state index contributed by atoms with van der Waals surface area (Å²) in [7, 11) is 1.59. The lowest BCUT2D eigenvalue weighted by Crippen LogP contribution is -2.29. The van der Waals surface area contributed by atoms with Crippen molar-refractivity contribution in [3.63, 3.8) is 0 Å². The van der Waals surface area contributed by atoms with Crippen molar-refractivity contribution in [1.29, 1.82) is 0 Å². The molecule has 7 nitrogen and oxygen atoms in total. The zero-order chi connectivity index (χ0) is 15.4. The van der Waals surface area contributed by atoms with Gasteiger partial charge in [-0.15, -0.1) is 5.10 Å². The van der Waals surface area contributed by atoms with Gasteiger partial charge < -0.3 is 14.8 Å². The Labute approximate surface area is 128 Å². The van der Waals surface area contributed by atoms with Gasteiger partial charge in [0.25, 0.3) is 5.91 Å². The number of nitrogens with one attached hydrogen (secondary N) is 1. The predicted octanol–water partition coefficient (Wildman–Crippen LogP) is 0.926. The molecule has 1 amide bonds. The van der Waals surface area contributed by atoms with Crippen LogP contribution in [0.1, 0.15) is 27.8 Å². The average molecular weight is 302 g/mol. The number of methoxy groups -OCH3 is 1. The Hall–Kier alpha value is -2.25. The van der Waals surface area contributed by atoms with E-state index in [2.05, 4.69) is 15.6 Å². The van der Waals surface area contributed by atoms with Gasteiger partial charge in [0.05, 0.1) is 25.5 Å². The molecule has 1 aromatic carbocycles. The van der Waals surface area contributed by atoms with Gasteiger partial charge >= 0.3 is 0 Å². The van der Waals surface area contributed by atoms with Crippen LogP contribution in [0.3, 0.4) is 0 Å². The highest BCUT2D eigenvalue weighted by molar-refractivity contribution is 5.93. The van der Waals surface area contributed by atoms with E-state index in [-0.39, 0.29) is 12.0 Å². The lowest BCUT2D eigenvalue weighted by atomic mass is 10.1. The lowest BCUT2D eigenvalue weighted by Gasteiger charge is -2.24. The predicted molar refractivity (Wildman–Crippen MR) is 78.2 cm³/mol. The molecular formula is C15H18N4O3. The van der Waals surface area contributed by atoms with Gasteiger partial charge in [-0.2, -0.15) is 0 Å². The second-order valence-electron chi connectivity index (χ2n) is 5.03. The lowest BCUT2D eigenvalue weighted by molar-refractivity contribution is -0.00177. The van der Waals surface area contributed by atoms with Gasteiger partial charge in [0.15, 0.2) is 5.69 Å². The number of hydrogen-bond acceptors (Lipinski definition) is 5. The Kier molecular flexibility index (Phi) is 4.45. The molecule has 0 spiro atoms. The van der Waals surface area contributed by atoms with Crippen LogP contribution < -0.4 is 5.32 Å². The van der Waals surface area contributed by atoms with Crippen LogP contribution in [0.2, 0.25) is 0 Å². The number of ether oxygens (including phenoxy) is 2. The molecule has 1 aliphatic rings. The van der Waals surface area contributed by atoms with Crippen LogP contribution >= 0.6 is 0 Å². The fraction of sp³-hybridized carbons (Fsp3) is 0.400. The van der Waals surface area contributed by atoms with Crippen molar-refractivity contribution >= 4 is 5.91 Å². The fourth-order valence-corrected chi connectivity index (χ4v) is 2.41. The molecule has 1 atom stereocenters. The molecule has 3 rings (SSSR count). The molecule has 1 aliphatic heterocycles. The van der Waals surface area contributed by atoms with E-state index >= 15 is 0 Å². The molecule has 0 radical (unpaired) electrons. The smallest absolute Gasteiger partial charge is 0.273 e. The van der Waals surface area contributed by atoms with E-state index in [1.165, 1.54) is 0 Å². The van der Waals surface area contributed by atoms with E-state index in [0.29, 0.717) is 37.7 Å². The summed E-state index contributed by atoms with van der Waals surface area (Å²) >= 11 is 0. The van der Waals surface area contributed by atoms with Gasteiger partial charge in [-0.25, -0.2) is 4.68 Å². The van der Waals surface area contributed by atoms with Gasteiger partial charge in [0.1, 0.15) is 6.10 Å². The molecule has 0 aliphatic carbocycles. The summed E-state index contributed by atoms with van der Waals surface area (Å²) in [6.07, 6.45) is -0.0696. The summed E-state index contributed by atoms with van der Waals surface area (Å²) in [4.78, 5) is 12.1. The van der Waals surface area contributed by atoms with E-state index in [1.54, 1.807) is 11.8 Å². The normalized spacial score (nSPS) is 17.0. The molecule has 22 heavy (non-hydrogen) atoms. The number of aromatic nitrogens is 3. The molecule has 1 aromatic heterocycles. The summed E-state index contributed by atoms with van der Waals surface area (Å²) in [6, 6.07) is 9.96. The number of rotatable bonds is 5. The molecule has 0 saturated heterocycles. The first-order chi connectivity index (χ1) is 10.8. The number of carbonyl (C=O) groups excluding carboxylic acids is 1. The average Bonchev–Trinajstić information content (AvgIpc) is 2.99. The summed E-state index contributed by atoms with van der Waals surface area (Å²) < 4.78 is 12.5. The highest BCUT2D eigenvalue weighted by Crippen LogP contribution is 2.26. The Morgan fingerprint density at radius 1 is 1.45 bits per heavy atom. The minimum atomic E-state index is -0.250. The monoisotopic (exact) mass is 302 g/mol. The Morgan fingerprint density at radius 2 is 2.27 bits per heavy atom. The standard InChI is InChI=1S/C15H18N4O3/c1-21-8-7-16-15(20)14-12-10-22-13(9-19(12)18-17-14)11-5-3-2-4-6-11/h2-6,13H,7-10H2,1H3,(H,16,20)/t13-/m1/s1. The van der Waals surface area contributed by atoms with Gasteiger partial charge in [-0.3, -0.25) is 4.79 Å². The van der Waals surface area contributed by atoms with Crippen LogP contribution in [-0.2, 0) is 22.6 Å². The Bertz CT molecular complexity index is 641. The summed E-state index contributed by atoms with van der Waals surface area (Å²) in [5.74, 6) is -0.250. The molecule has 0 unspecified atom stereocenters. The summed E-state index contributed by atoms with van der Waals surface area (Å²) in [5.41, 5.74) is 2.12. The van der Waals surface area contributed by atoms with Gasteiger partial charge in [-0.05, 0) is 5.56 Å². The minimum Gasteiger partial charge on any atom is -0.383 e. The van der Waals surface area contributed by atoms with Crippen LogP contribution in [0.25, 0.3) is 0 Å². The van der Waals surface area contributed by atoms with Crippen LogP contribution in [0.15, 0.2) is 30.3 Å². The number of amides is 1. The number of carbonyl (C=O) groups is 1. The molecule has 1 N–H and O–H groups in total. The molecule has 0 saturated carbocycles. The van der Waals surface area contributed by atoms with Crippen LogP contribution in [0, 0.1) is 0 Å². The number of nitrogens with zero attached hydrogens (tertiary/aromatic N) is 3. The van der Waals surface area contributed by atoms with Crippen molar-refractivity contribution in [3.8, 4) is 0 Å². The summed E-state index contributed by atoms with van der Waals surface area (Å²) in [6.45, 7) is 1.77. The van der Waals surface area contributed by atoms with Gasteiger partial charge in [0.2, 0.25) is 0 Å². The van der Waals surface area contributed by atoms with Gasteiger partial charge in [-0.1, -0.05) is 35.5 Å². The van der Waals surface area contributed by atoms with Crippen molar-refractivity contribution in [2.45, 2.75) is 19.3 Å². The second-order valence-corrected chi connectivity index (χ2v) is 5.03. The van der Waals surface area contributed by atoms with E-state index in [4.69, 9.17) is 9.47 Å². The highest BCUT2D eigenvalue weighted by Gasteiger charge is 2.27. The largest absolute Gasteiger partial charge is 0.383 e. The zero-order valence-corrected chi connectivity index (χ0v) is 12.4. The third kappa shape index (κ3) is 3.00.